The summed E-state index contributed by atoms with van der Waals surface area (Å²) >= 11 is 0. The summed E-state index contributed by atoms with van der Waals surface area (Å²) in [6.45, 7) is 0.972. The predicted molar refractivity (Wildman–Crippen MR) is 124 cm³/mol. The molecule has 1 unspecified atom stereocenters. The van der Waals surface area contributed by atoms with Gasteiger partial charge in [0.25, 0.3) is 0 Å². The van der Waals surface area contributed by atoms with Crippen LogP contribution in [-0.2, 0) is 19.3 Å². The highest BCUT2D eigenvalue weighted by Crippen LogP contribution is 2.37. The van der Waals surface area contributed by atoms with Crippen LogP contribution >= 0.6 is 0 Å². The quantitative estimate of drug-likeness (QED) is 0.506. The number of aromatic hydroxyl groups is 2. The van der Waals surface area contributed by atoms with E-state index in [-0.39, 0.29) is 11.5 Å². The Labute approximate surface area is 184 Å². The summed E-state index contributed by atoms with van der Waals surface area (Å²) in [5.74, 6) is 0.944. The number of rotatable bonds is 4. The molecule has 0 spiro atoms. The highest BCUT2D eigenvalue weighted by molar-refractivity contribution is 5.49. The van der Waals surface area contributed by atoms with E-state index in [2.05, 4.69) is 35.6 Å². The van der Waals surface area contributed by atoms with E-state index in [4.69, 9.17) is 4.74 Å². The molecule has 0 fully saturated rings. The molecule has 0 saturated carbocycles. The van der Waals surface area contributed by atoms with Gasteiger partial charge in [0.2, 0.25) is 0 Å². The van der Waals surface area contributed by atoms with Crippen molar-refractivity contribution in [2.45, 2.75) is 51.0 Å². The molecular formula is C27H31NO3. The second-order valence-electron chi connectivity index (χ2n) is 8.38. The normalized spacial score (nSPS) is 16.8. The number of phenolic OH excluding ortho intramolecular Hbond substituents is 2. The van der Waals surface area contributed by atoms with E-state index in [0.717, 1.165) is 62.6 Å². The summed E-state index contributed by atoms with van der Waals surface area (Å²) in [5, 5.41) is 24.2. The van der Waals surface area contributed by atoms with Crippen LogP contribution in [0, 0.1) is 0 Å². The molecule has 4 bridgehead atoms. The number of hydrogen-bond acceptors (Lipinski definition) is 4. The largest absolute Gasteiger partial charge is 0.504 e. The molecule has 0 radical (unpaired) electrons. The van der Waals surface area contributed by atoms with Gasteiger partial charge in [0.05, 0.1) is 0 Å². The standard InChI is InChI=1S/C27H31NO3/c29-24-14-11-21-8-4-5-9-23(28-17-16-20-6-2-1-3-7-20)13-10-22-12-15-25(30)27(19-22)31-26(24)18-21/h1-3,6-7,11-12,14-15,18-19,23,28-30H,4-5,8-10,13,16-17H2. The van der Waals surface area contributed by atoms with Gasteiger partial charge in [-0.2, -0.15) is 0 Å². The first-order valence-corrected chi connectivity index (χ1v) is 11.3. The summed E-state index contributed by atoms with van der Waals surface area (Å²) in [7, 11) is 0. The van der Waals surface area contributed by atoms with Gasteiger partial charge in [-0.15, -0.1) is 0 Å². The van der Waals surface area contributed by atoms with E-state index in [1.807, 2.05) is 24.3 Å². The lowest BCUT2D eigenvalue weighted by atomic mass is 9.98. The monoisotopic (exact) mass is 417 g/mol. The molecule has 0 amide bonds. The van der Waals surface area contributed by atoms with Gasteiger partial charge < -0.3 is 20.3 Å². The summed E-state index contributed by atoms with van der Waals surface area (Å²) in [6.07, 6.45) is 7.31. The SMILES string of the molecule is Oc1ccc2cc1Oc1cc(ccc1O)CCC(NCCc1ccccc1)CCCC2. The van der Waals surface area contributed by atoms with Crippen molar-refractivity contribution in [1.82, 2.24) is 5.32 Å². The zero-order chi connectivity index (χ0) is 21.5. The molecule has 4 rings (SSSR count). The molecule has 4 heteroatoms. The van der Waals surface area contributed by atoms with Gasteiger partial charge in [0, 0.05) is 6.04 Å². The average molecular weight is 418 g/mol. The smallest absolute Gasteiger partial charge is 0.169 e. The Kier molecular flexibility index (Phi) is 7.11. The van der Waals surface area contributed by atoms with Gasteiger partial charge in [-0.25, -0.2) is 0 Å². The third-order valence-corrected chi connectivity index (χ3v) is 6.01. The van der Waals surface area contributed by atoms with Crippen molar-refractivity contribution in [3.05, 3.63) is 83.4 Å². The summed E-state index contributed by atoms with van der Waals surface area (Å²) in [5.41, 5.74) is 3.61. The number of aryl methyl sites for hydroxylation is 2. The maximum absolute atomic E-state index is 10.3. The minimum absolute atomic E-state index is 0.0817. The number of phenols is 2. The lowest BCUT2D eigenvalue weighted by Crippen LogP contribution is -2.31. The van der Waals surface area contributed by atoms with Gasteiger partial charge >= 0.3 is 0 Å². The second kappa shape index (κ2) is 10.4. The molecule has 0 aliphatic carbocycles. The maximum Gasteiger partial charge on any atom is 0.169 e. The topological polar surface area (TPSA) is 61.7 Å². The molecule has 162 valence electrons. The molecule has 0 saturated heterocycles. The Morgan fingerprint density at radius 3 is 2.16 bits per heavy atom. The third kappa shape index (κ3) is 6.02. The van der Waals surface area contributed by atoms with Crippen molar-refractivity contribution in [2.75, 3.05) is 6.54 Å². The van der Waals surface area contributed by atoms with Crippen molar-refractivity contribution >= 4 is 0 Å². The van der Waals surface area contributed by atoms with Crippen molar-refractivity contribution in [2.24, 2.45) is 0 Å². The molecule has 1 atom stereocenters. The lowest BCUT2D eigenvalue weighted by molar-refractivity contribution is 0.383. The Bertz CT molecular complexity index is 987. The summed E-state index contributed by atoms with van der Waals surface area (Å²) < 4.78 is 5.89. The van der Waals surface area contributed by atoms with Crippen LogP contribution in [0.2, 0.25) is 0 Å². The van der Waals surface area contributed by atoms with Crippen LogP contribution in [0.15, 0.2) is 66.7 Å². The third-order valence-electron chi connectivity index (χ3n) is 6.01. The lowest BCUT2D eigenvalue weighted by Gasteiger charge is -2.20. The van der Waals surface area contributed by atoms with Crippen LogP contribution in [-0.4, -0.2) is 22.8 Å². The Balaban J connectivity index is 1.47. The molecule has 31 heavy (non-hydrogen) atoms. The highest BCUT2D eigenvalue weighted by Gasteiger charge is 2.14. The Morgan fingerprint density at radius 2 is 1.45 bits per heavy atom. The zero-order valence-corrected chi connectivity index (χ0v) is 17.9. The van der Waals surface area contributed by atoms with Gasteiger partial charge in [0.1, 0.15) is 0 Å². The highest BCUT2D eigenvalue weighted by atomic mass is 16.5. The van der Waals surface area contributed by atoms with E-state index in [1.165, 1.54) is 5.56 Å². The van der Waals surface area contributed by atoms with Crippen molar-refractivity contribution in [3.8, 4) is 23.0 Å². The first-order chi connectivity index (χ1) is 15.2. The van der Waals surface area contributed by atoms with E-state index < -0.39 is 0 Å². The van der Waals surface area contributed by atoms with Crippen LogP contribution < -0.4 is 10.1 Å². The van der Waals surface area contributed by atoms with Crippen molar-refractivity contribution in [3.63, 3.8) is 0 Å². The number of fused-ring (bicyclic) bond motifs is 4. The van der Waals surface area contributed by atoms with E-state index in [0.29, 0.717) is 17.5 Å². The minimum atomic E-state index is 0.0817. The second-order valence-corrected chi connectivity index (χ2v) is 8.38. The van der Waals surface area contributed by atoms with Gasteiger partial charge in [-0.05, 0) is 86.0 Å². The fraction of sp³-hybridized carbons (Fsp3) is 0.333. The van der Waals surface area contributed by atoms with Crippen LogP contribution in [0.4, 0.5) is 0 Å². The molecule has 3 N–H and O–H groups in total. The van der Waals surface area contributed by atoms with E-state index >= 15 is 0 Å². The summed E-state index contributed by atoms with van der Waals surface area (Å²) in [4.78, 5) is 0. The zero-order valence-electron chi connectivity index (χ0n) is 17.9. The van der Waals surface area contributed by atoms with E-state index in [9.17, 15) is 10.2 Å². The van der Waals surface area contributed by atoms with Crippen LogP contribution in [0.3, 0.4) is 0 Å². The fourth-order valence-corrected chi connectivity index (χ4v) is 4.18. The van der Waals surface area contributed by atoms with E-state index in [1.54, 1.807) is 12.1 Å². The van der Waals surface area contributed by atoms with Gasteiger partial charge in [-0.1, -0.05) is 48.9 Å². The molecule has 1 heterocycles. The Morgan fingerprint density at radius 1 is 0.774 bits per heavy atom. The first kappa shape index (κ1) is 21.3. The van der Waals surface area contributed by atoms with Crippen LogP contribution in [0.5, 0.6) is 23.0 Å². The molecule has 1 aliphatic heterocycles. The number of hydrogen-bond donors (Lipinski definition) is 3. The molecular weight excluding hydrogens is 386 g/mol. The molecule has 1 aliphatic rings. The van der Waals surface area contributed by atoms with Gasteiger partial charge in [0.15, 0.2) is 23.0 Å². The molecule has 3 aromatic carbocycles. The molecule has 0 aromatic heterocycles. The number of ether oxygens (including phenoxy) is 1. The van der Waals surface area contributed by atoms with Crippen molar-refractivity contribution < 1.29 is 14.9 Å². The number of nitrogens with one attached hydrogen (secondary N) is 1. The predicted octanol–water partition coefficient (Wildman–Crippen LogP) is 5.75. The fourth-order valence-electron chi connectivity index (χ4n) is 4.18. The maximum atomic E-state index is 10.3. The van der Waals surface area contributed by atoms with Crippen LogP contribution in [0.25, 0.3) is 0 Å². The Hall–Kier alpha value is -2.98. The number of benzene rings is 3. The molecule has 4 nitrogen and oxygen atoms in total. The van der Waals surface area contributed by atoms with Crippen LogP contribution in [0.1, 0.15) is 42.4 Å². The van der Waals surface area contributed by atoms with Crippen molar-refractivity contribution in [1.29, 1.82) is 0 Å². The van der Waals surface area contributed by atoms with Gasteiger partial charge in [-0.3, -0.25) is 0 Å². The molecule has 3 aromatic rings. The average Bonchev–Trinajstić information content (AvgIpc) is 2.78. The first-order valence-electron chi connectivity index (χ1n) is 11.3. The minimum Gasteiger partial charge on any atom is -0.504 e. The summed E-state index contributed by atoms with van der Waals surface area (Å²) in [6, 6.07) is 22.1.